The fraction of sp³-hybridized carbons (Fsp3) is 0.300. The molecule has 0 bridgehead atoms. The van der Waals surface area contributed by atoms with E-state index in [1.807, 2.05) is 28.7 Å². The fourth-order valence-electron chi connectivity index (χ4n) is 1.30. The predicted molar refractivity (Wildman–Crippen MR) is 63.4 cm³/mol. The Balaban J connectivity index is 3.68. The lowest BCUT2D eigenvalue weighted by atomic mass is 10.1. The van der Waals surface area contributed by atoms with Crippen molar-refractivity contribution >= 4 is 22.6 Å². The lowest BCUT2D eigenvalue weighted by molar-refractivity contribution is 0.331. The maximum atomic E-state index is 9.79. The molecule has 0 fully saturated rings. The molecule has 0 spiro atoms. The van der Waals surface area contributed by atoms with E-state index in [0.717, 1.165) is 0 Å². The van der Waals surface area contributed by atoms with Crippen molar-refractivity contribution in [2.75, 3.05) is 14.2 Å². The number of hydrogen-bond donors (Lipinski definition) is 1. The number of halogens is 1. The van der Waals surface area contributed by atoms with Crippen LogP contribution in [0.25, 0.3) is 0 Å². The summed E-state index contributed by atoms with van der Waals surface area (Å²) in [5.41, 5.74) is 1.07. The Morgan fingerprint density at radius 3 is 2.20 bits per heavy atom. The number of phenols is 1. The van der Waals surface area contributed by atoms with E-state index in [0.29, 0.717) is 14.7 Å². The number of ether oxygens (including phenoxy) is 2. The van der Waals surface area contributed by atoms with Gasteiger partial charge in [0.1, 0.15) is 11.6 Å². The minimum atomic E-state index is 0.00597. The largest absolute Gasteiger partial charge is 0.503 e. The van der Waals surface area contributed by atoms with E-state index in [1.54, 1.807) is 6.92 Å². The average molecular weight is 319 g/mol. The van der Waals surface area contributed by atoms with Gasteiger partial charge in [0.25, 0.3) is 0 Å². The van der Waals surface area contributed by atoms with E-state index in [-0.39, 0.29) is 17.2 Å². The van der Waals surface area contributed by atoms with Gasteiger partial charge in [0, 0.05) is 0 Å². The lowest BCUT2D eigenvalue weighted by Crippen LogP contribution is -1.99. The third-order valence-electron chi connectivity index (χ3n) is 2.08. The highest BCUT2D eigenvalue weighted by atomic mass is 127. The lowest BCUT2D eigenvalue weighted by Gasteiger charge is -2.14. The molecule has 0 unspecified atom stereocenters. The summed E-state index contributed by atoms with van der Waals surface area (Å²) in [7, 11) is 2.86. The maximum absolute atomic E-state index is 9.79. The second-order valence-electron chi connectivity index (χ2n) is 2.84. The number of nitriles is 1. The molecule has 1 rings (SSSR count). The van der Waals surface area contributed by atoms with E-state index < -0.39 is 0 Å². The number of phenolic OH excluding ortho intramolecular Hbond substituents is 1. The van der Waals surface area contributed by atoms with Gasteiger partial charge >= 0.3 is 0 Å². The number of methoxy groups -OCH3 is 2. The minimum Gasteiger partial charge on any atom is -0.503 e. The molecule has 0 amide bonds. The number of aromatic hydroxyl groups is 1. The molecule has 0 radical (unpaired) electrons. The van der Waals surface area contributed by atoms with Gasteiger partial charge in [-0.2, -0.15) is 5.26 Å². The molecule has 0 aliphatic rings. The molecule has 0 atom stereocenters. The van der Waals surface area contributed by atoms with Crippen LogP contribution in [0.3, 0.4) is 0 Å². The third-order valence-corrected chi connectivity index (χ3v) is 3.40. The average Bonchev–Trinajstić information content (AvgIpc) is 2.25. The van der Waals surface area contributed by atoms with Gasteiger partial charge in [0.15, 0.2) is 11.5 Å². The zero-order valence-corrected chi connectivity index (χ0v) is 10.7. The van der Waals surface area contributed by atoms with E-state index in [2.05, 4.69) is 0 Å². The van der Waals surface area contributed by atoms with Gasteiger partial charge in [0.2, 0.25) is 5.75 Å². The van der Waals surface area contributed by atoms with Gasteiger partial charge in [-0.1, -0.05) is 0 Å². The van der Waals surface area contributed by atoms with Crippen LogP contribution >= 0.6 is 22.6 Å². The number of hydrogen-bond acceptors (Lipinski definition) is 4. The first kappa shape index (κ1) is 11.9. The molecule has 1 N–H and O–H groups in total. The van der Waals surface area contributed by atoms with Crippen molar-refractivity contribution in [3.63, 3.8) is 0 Å². The summed E-state index contributed by atoms with van der Waals surface area (Å²) in [6, 6.07) is 2.04. The molecule has 80 valence electrons. The van der Waals surface area contributed by atoms with Crippen molar-refractivity contribution < 1.29 is 14.6 Å². The van der Waals surface area contributed by atoms with Crippen molar-refractivity contribution in [2.24, 2.45) is 0 Å². The molecule has 0 saturated heterocycles. The highest BCUT2D eigenvalue weighted by Gasteiger charge is 2.21. The first-order chi connectivity index (χ1) is 7.08. The number of benzene rings is 1. The molecule has 1 aromatic carbocycles. The third kappa shape index (κ3) is 1.81. The normalized spacial score (nSPS) is 9.53. The summed E-state index contributed by atoms with van der Waals surface area (Å²) >= 11 is 1.96. The molecular formula is C10H10INO3. The highest BCUT2D eigenvalue weighted by Crippen LogP contribution is 2.44. The van der Waals surface area contributed by atoms with Crippen LogP contribution in [0, 0.1) is 21.8 Å². The SMILES string of the molecule is COc1c(O)c(I)c(C)c(C#N)c1OC. The number of nitrogens with zero attached hydrogens (tertiary/aromatic N) is 1. The van der Waals surface area contributed by atoms with E-state index in [9.17, 15) is 5.11 Å². The summed E-state index contributed by atoms with van der Waals surface area (Å²) in [4.78, 5) is 0. The zero-order valence-electron chi connectivity index (χ0n) is 8.59. The van der Waals surface area contributed by atoms with Gasteiger partial charge in [-0.15, -0.1) is 0 Å². The van der Waals surface area contributed by atoms with Gasteiger partial charge in [-0.05, 0) is 35.1 Å². The Labute approximate surface area is 102 Å². The maximum Gasteiger partial charge on any atom is 0.205 e. The zero-order chi connectivity index (χ0) is 11.6. The van der Waals surface area contributed by atoms with Crippen LogP contribution < -0.4 is 9.47 Å². The first-order valence-corrected chi connectivity index (χ1v) is 5.19. The van der Waals surface area contributed by atoms with Crippen molar-refractivity contribution in [3.05, 3.63) is 14.7 Å². The van der Waals surface area contributed by atoms with Crippen molar-refractivity contribution in [1.82, 2.24) is 0 Å². The quantitative estimate of drug-likeness (QED) is 0.849. The monoisotopic (exact) mass is 319 g/mol. The number of rotatable bonds is 2. The smallest absolute Gasteiger partial charge is 0.205 e. The minimum absolute atomic E-state index is 0.00597. The molecule has 0 aliphatic heterocycles. The summed E-state index contributed by atoms with van der Waals surface area (Å²) < 4.78 is 10.7. The molecule has 0 aromatic heterocycles. The Kier molecular flexibility index (Phi) is 3.63. The van der Waals surface area contributed by atoms with Crippen molar-refractivity contribution in [3.8, 4) is 23.3 Å². The van der Waals surface area contributed by atoms with E-state index in [1.165, 1.54) is 14.2 Å². The van der Waals surface area contributed by atoms with Crippen LogP contribution in [0.15, 0.2) is 0 Å². The first-order valence-electron chi connectivity index (χ1n) is 4.11. The Morgan fingerprint density at radius 2 is 1.80 bits per heavy atom. The molecule has 4 nitrogen and oxygen atoms in total. The Bertz CT molecular complexity index is 438. The van der Waals surface area contributed by atoms with Gasteiger partial charge < -0.3 is 14.6 Å². The van der Waals surface area contributed by atoms with Crippen molar-refractivity contribution in [2.45, 2.75) is 6.92 Å². The van der Waals surface area contributed by atoms with Crippen LogP contribution in [-0.4, -0.2) is 19.3 Å². The standard InChI is InChI=1S/C10H10INO3/c1-5-6(4-12)9(14-2)10(15-3)8(13)7(5)11/h13H,1-3H3. The summed E-state index contributed by atoms with van der Waals surface area (Å²) in [6.07, 6.45) is 0. The molecule has 5 heteroatoms. The van der Waals surface area contributed by atoms with Crippen LogP contribution in [0.1, 0.15) is 11.1 Å². The second kappa shape index (κ2) is 4.57. The summed E-state index contributed by atoms with van der Waals surface area (Å²) in [5.74, 6) is 0.478. The van der Waals surface area contributed by atoms with Gasteiger partial charge in [0.05, 0.1) is 17.8 Å². The van der Waals surface area contributed by atoms with E-state index in [4.69, 9.17) is 14.7 Å². The molecular weight excluding hydrogens is 309 g/mol. The van der Waals surface area contributed by atoms with Crippen LogP contribution in [0.4, 0.5) is 0 Å². The predicted octanol–water partition coefficient (Wildman–Crippen LogP) is 2.19. The molecule has 1 aromatic rings. The fourth-order valence-corrected chi connectivity index (χ4v) is 1.81. The van der Waals surface area contributed by atoms with Crippen LogP contribution in [0.5, 0.6) is 17.2 Å². The Hall–Kier alpha value is -1.16. The van der Waals surface area contributed by atoms with Gasteiger partial charge in [-0.3, -0.25) is 0 Å². The van der Waals surface area contributed by atoms with Crippen LogP contribution in [-0.2, 0) is 0 Å². The Morgan fingerprint density at radius 1 is 1.27 bits per heavy atom. The molecule has 15 heavy (non-hydrogen) atoms. The molecule has 0 saturated carbocycles. The molecule has 0 heterocycles. The second-order valence-corrected chi connectivity index (χ2v) is 3.92. The van der Waals surface area contributed by atoms with E-state index >= 15 is 0 Å². The topological polar surface area (TPSA) is 62.5 Å². The summed E-state index contributed by atoms with van der Waals surface area (Å²) in [6.45, 7) is 1.75. The highest BCUT2D eigenvalue weighted by molar-refractivity contribution is 14.1. The summed E-state index contributed by atoms with van der Waals surface area (Å²) in [5, 5.41) is 18.8. The van der Waals surface area contributed by atoms with Crippen LogP contribution in [0.2, 0.25) is 0 Å². The van der Waals surface area contributed by atoms with Crippen molar-refractivity contribution in [1.29, 1.82) is 5.26 Å². The van der Waals surface area contributed by atoms with Gasteiger partial charge in [-0.25, -0.2) is 0 Å². The molecule has 0 aliphatic carbocycles.